The third kappa shape index (κ3) is 2.37. The summed E-state index contributed by atoms with van der Waals surface area (Å²) in [6.07, 6.45) is 3.89. The number of fused-ring (bicyclic) bond motifs is 1. The first-order chi connectivity index (χ1) is 9.06. The van der Waals surface area contributed by atoms with Gasteiger partial charge in [0.2, 0.25) is 0 Å². The van der Waals surface area contributed by atoms with Gasteiger partial charge in [0, 0.05) is 18.2 Å². The predicted octanol–water partition coefficient (Wildman–Crippen LogP) is 5.17. The third-order valence-electron chi connectivity index (χ3n) is 3.64. The molecule has 0 atom stereocenters. The fraction of sp³-hybridized carbons (Fsp3) is 0.333. The number of anilines is 1. The molecule has 0 saturated carbocycles. The summed E-state index contributed by atoms with van der Waals surface area (Å²) < 4.78 is 0. The van der Waals surface area contributed by atoms with Crippen molar-refractivity contribution in [3.63, 3.8) is 0 Å². The van der Waals surface area contributed by atoms with Crippen LogP contribution in [0.25, 0.3) is 5.57 Å². The first-order valence-corrected chi connectivity index (χ1v) is 6.88. The third-order valence-corrected chi connectivity index (χ3v) is 3.64. The zero-order valence-electron chi connectivity index (χ0n) is 12.8. The molecule has 1 nitrogen and oxygen atoms in total. The van der Waals surface area contributed by atoms with Gasteiger partial charge in [-0.2, -0.15) is 0 Å². The molecule has 2 rings (SSSR count). The van der Waals surface area contributed by atoms with Crippen molar-refractivity contribution in [3.05, 3.63) is 60.2 Å². The van der Waals surface area contributed by atoms with Crippen molar-refractivity contribution in [2.45, 2.75) is 33.1 Å². The molecule has 0 fully saturated rings. The number of nitrogens with one attached hydrogen (secondary N) is 1. The average molecular weight is 255 g/mol. The van der Waals surface area contributed by atoms with Gasteiger partial charge in [0.15, 0.2) is 0 Å². The lowest BCUT2D eigenvalue weighted by atomic mass is 9.81. The van der Waals surface area contributed by atoms with Crippen molar-refractivity contribution in [1.29, 1.82) is 0 Å². The lowest BCUT2D eigenvalue weighted by Crippen LogP contribution is -2.15. The molecule has 0 amide bonds. The van der Waals surface area contributed by atoms with E-state index in [9.17, 15) is 0 Å². The van der Waals surface area contributed by atoms with Crippen molar-refractivity contribution < 1.29 is 0 Å². The number of allylic oxidation sites excluding steroid dienone is 4. The van der Waals surface area contributed by atoms with Crippen molar-refractivity contribution in [3.8, 4) is 0 Å². The highest BCUT2D eigenvalue weighted by Gasteiger charge is 2.35. The minimum Gasteiger partial charge on any atom is -0.388 e. The van der Waals surface area contributed by atoms with Gasteiger partial charge in [0.05, 0.1) is 0 Å². The Kier molecular flexibility index (Phi) is 4.77. The Morgan fingerprint density at radius 3 is 2.21 bits per heavy atom. The quantitative estimate of drug-likeness (QED) is 0.785. The van der Waals surface area contributed by atoms with Crippen LogP contribution in [0.2, 0.25) is 0 Å². The number of benzene rings is 1. The molecule has 19 heavy (non-hydrogen) atoms. The van der Waals surface area contributed by atoms with E-state index in [4.69, 9.17) is 0 Å². The van der Waals surface area contributed by atoms with Gasteiger partial charge in [0.25, 0.3) is 0 Å². The Hall–Kier alpha value is -1.76. The molecule has 1 aromatic carbocycles. The molecular weight excluding hydrogens is 230 g/mol. The summed E-state index contributed by atoms with van der Waals surface area (Å²) in [6, 6.07) is 6.50. The van der Waals surface area contributed by atoms with E-state index in [1.54, 1.807) is 0 Å². The topological polar surface area (TPSA) is 12.0 Å². The molecule has 1 aliphatic rings. The zero-order chi connectivity index (χ0) is 14.6. The number of rotatable bonds is 3. The van der Waals surface area contributed by atoms with Crippen LogP contribution in [-0.2, 0) is 5.41 Å². The Morgan fingerprint density at radius 2 is 1.74 bits per heavy atom. The van der Waals surface area contributed by atoms with Gasteiger partial charge in [-0.05, 0) is 34.4 Å². The van der Waals surface area contributed by atoms with Crippen molar-refractivity contribution in [1.82, 2.24) is 0 Å². The van der Waals surface area contributed by atoms with Crippen LogP contribution < -0.4 is 5.32 Å². The molecule has 102 valence electrons. The molecule has 0 spiro atoms. The smallest absolute Gasteiger partial charge is 0.0343 e. The van der Waals surface area contributed by atoms with Crippen molar-refractivity contribution in [2.75, 3.05) is 12.4 Å². The molecule has 0 aromatic heterocycles. The lowest BCUT2D eigenvalue weighted by Gasteiger charge is -2.22. The Balaban J connectivity index is 0.000000861. The monoisotopic (exact) mass is 255 g/mol. The van der Waals surface area contributed by atoms with E-state index in [0.29, 0.717) is 0 Å². The summed E-state index contributed by atoms with van der Waals surface area (Å²) in [4.78, 5) is 0. The second-order valence-corrected chi connectivity index (χ2v) is 4.87. The van der Waals surface area contributed by atoms with E-state index in [2.05, 4.69) is 50.5 Å². The van der Waals surface area contributed by atoms with Crippen molar-refractivity contribution in [2.24, 2.45) is 0 Å². The molecule has 0 unspecified atom stereocenters. The maximum atomic E-state index is 3.94. The molecule has 0 heterocycles. The van der Waals surface area contributed by atoms with E-state index >= 15 is 0 Å². The number of hydrogen-bond donors (Lipinski definition) is 1. The molecule has 0 bridgehead atoms. The normalized spacial score (nSPS) is 15.2. The Bertz CT molecular complexity index is 518. The average Bonchev–Trinajstić information content (AvgIpc) is 2.67. The highest BCUT2D eigenvalue weighted by Crippen LogP contribution is 2.47. The molecule has 1 N–H and O–H groups in total. The van der Waals surface area contributed by atoms with E-state index in [1.807, 2.05) is 33.0 Å². The highest BCUT2D eigenvalue weighted by molar-refractivity contribution is 5.88. The van der Waals surface area contributed by atoms with Crippen LogP contribution in [-0.4, -0.2) is 7.05 Å². The first-order valence-electron chi connectivity index (χ1n) is 6.88. The fourth-order valence-electron chi connectivity index (χ4n) is 2.68. The van der Waals surface area contributed by atoms with Crippen LogP contribution in [0.5, 0.6) is 0 Å². The second kappa shape index (κ2) is 5.92. The summed E-state index contributed by atoms with van der Waals surface area (Å²) in [5.74, 6) is 0. The fourth-order valence-corrected chi connectivity index (χ4v) is 2.68. The molecule has 0 radical (unpaired) electrons. The molecule has 1 heteroatoms. The predicted molar refractivity (Wildman–Crippen MR) is 87.7 cm³/mol. The summed E-state index contributed by atoms with van der Waals surface area (Å²) in [6.45, 7) is 16.3. The minimum absolute atomic E-state index is 0.0207. The van der Waals surface area contributed by atoms with Crippen LogP contribution in [0.4, 0.5) is 5.69 Å². The van der Waals surface area contributed by atoms with Gasteiger partial charge in [-0.25, -0.2) is 0 Å². The van der Waals surface area contributed by atoms with Gasteiger partial charge in [-0.15, -0.1) is 0 Å². The van der Waals surface area contributed by atoms with Gasteiger partial charge in [-0.3, -0.25) is 0 Å². The summed E-state index contributed by atoms with van der Waals surface area (Å²) >= 11 is 0. The standard InChI is InChI=1S/C16H19N.C2H6/c1-6-12-13-10-11(17-5)8-9-15(13)16(3,4)14(12)7-2;1-2/h6-10,17H,1-2H2,3-5H3;1-2H3. The molecule has 0 aliphatic heterocycles. The lowest BCUT2D eigenvalue weighted by molar-refractivity contribution is 0.654. The van der Waals surface area contributed by atoms with E-state index < -0.39 is 0 Å². The van der Waals surface area contributed by atoms with Crippen LogP contribution in [0, 0.1) is 0 Å². The van der Waals surface area contributed by atoms with Gasteiger partial charge >= 0.3 is 0 Å². The zero-order valence-corrected chi connectivity index (χ0v) is 12.8. The van der Waals surface area contributed by atoms with Crippen LogP contribution >= 0.6 is 0 Å². The van der Waals surface area contributed by atoms with Crippen LogP contribution in [0.15, 0.2) is 49.1 Å². The maximum absolute atomic E-state index is 3.94. The van der Waals surface area contributed by atoms with Crippen LogP contribution in [0.1, 0.15) is 38.8 Å². The van der Waals surface area contributed by atoms with Crippen LogP contribution in [0.3, 0.4) is 0 Å². The van der Waals surface area contributed by atoms with E-state index in [-0.39, 0.29) is 5.41 Å². The van der Waals surface area contributed by atoms with Gasteiger partial charge in [0.1, 0.15) is 0 Å². The first kappa shape index (κ1) is 15.3. The summed E-state index contributed by atoms with van der Waals surface area (Å²) in [5.41, 5.74) is 6.23. The van der Waals surface area contributed by atoms with E-state index in [0.717, 1.165) is 5.69 Å². The largest absolute Gasteiger partial charge is 0.388 e. The highest BCUT2D eigenvalue weighted by atomic mass is 14.8. The SMILES string of the molecule is C=CC1=C(C=C)C(C)(C)c2ccc(NC)cc21.CC. The summed E-state index contributed by atoms with van der Waals surface area (Å²) in [7, 11) is 1.94. The van der Waals surface area contributed by atoms with Gasteiger partial charge in [-0.1, -0.05) is 59.1 Å². The Labute approximate surface area is 117 Å². The van der Waals surface area contributed by atoms with Gasteiger partial charge < -0.3 is 5.32 Å². The molecule has 0 saturated heterocycles. The maximum Gasteiger partial charge on any atom is 0.0343 e. The number of hydrogen-bond acceptors (Lipinski definition) is 1. The molecular formula is C18H25N. The second-order valence-electron chi connectivity index (χ2n) is 4.87. The van der Waals surface area contributed by atoms with E-state index in [1.165, 1.54) is 22.3 Å². The van der Waals surface area contributed by atoms with Crippen molar-refractivity contribution >= 4 is 11.3 Å². The minimum atomic E-state index is 0.0207. The Morgan fingerprint density at radius 1 is 1.11 bits per heavy atom. The summed E-state index contributed by atoms with van der Waals surface area (Å²) in [5, 5.41) is 3.18. The molecule has 1 aromatic rings. The molecule has 1 aliphatic carbocycles.